The molecule has 3 nitrogen and oxygen atoms in total. The maximum absolute atomic E-state index is 13.2. The van der Waals surface area contributed by atoms with E-state index in [2.05, 4.69) is 0 Å². The van der Waals surface area contributed by atoms with E-state index in [4.69, 9.17) is 0 Å². The van der Waals surface area contributed by atoms with Crippen molar-refractivity contribution in [3.63, 3.8) is 0 Å². The molecular weight excluding hydrogens is 300 g/mol. The maximum atomic E-state index is 13.2. The third-order valence-corrected chi connectivity index (χ3v) is 3.94. The highest BCUT2D eigenvalue weighted by Crippen LogP contribution is 2.20. The van der Waals surface area contributed by atoms with Crippen LogP contribution in [-0.4, -0.2) is 29.0 Å². The average Bonchev–Trinajstić information content (AvgIpc) is 2.57. The van der Waals surface area contributed by atoms with Crippen molar-refractivity contribution in [3.8, 4) is 0 Å². The molecule has 0 aliphatic heterocycles. The Morgan fingerprint density at radius 2 is 1.78 bits per heavy atom. The zero-order valence-corrected chi connectivity index (χ0v) is 13.0. The Morgan fingerprint density at radius 1 is 1.13 bits per heavy atom. The van der Waals surface area contributed by atoms with Crippen LogP contribution < -0.4 is 0 Å². The van der Waals surface area contributed by atoms with Gasteiger partial charge in [-0.1, -0.05) is 36.4 Å². The number of carbonyl (C=O) groups is 1. The van der Waals surface area contributed by atoms with Crippen LogP contribution in [0.5, 0.6) is 0 Å². The van der Waals surface area contributed by atoms with Crippen molar-refractivity contribution in [3.05, 3.63) is 71.3 Å². The molecule has 0 aliphatic carbocycles. The monoisotopic (exact) mass is 319 g/mol. The number of halogens is 2. The normalized spacial score (nSPS) is 13.4. The van der Waals surface area contributed by atoms with Gasteiger partial charge in [-0.05, 0) is 30.2 Å². The minimum atomic E-state index is -0.977. The Bertz CT molecular complexity index is 676. The molecule has 5 heteroatoms. The lowest BCUT2D eigenvalue weighted by Gasteiger charge is -2.29. The number of hydrogen-bond donors (Lipinski definition) is 1. The molecule has 122 valence electrons. The number of likely N-dealkylation sites (N-methyl/N-ethyl adjacent to an activating group) is 1. The number of hydrogen-bond acceptors (Lipinski definition) is 2. The number of benzene rings is 2. The standard InChI is InChI=1S/C18H19F2NO2/c1-12(18(23)14-6-4-3-5-7-14)21(2)17(22)11-13-8-9-15(19)16(20)10-13/h3-10,12,18,23H,11H2,1-2H3/t12-,18+/m1/s1. The summed E-state index contributed by atoms with van der Waals surface area (Å²) < 4.78 is 26.1. The summed E-state index contributed by atoms with van der Waals surface area (Å²) in [4.78, 5) is 13.7. The van der Waals surface area contributed by atoms with Crippen molar-refractivity contribution in [2.45, 2.75) is 25.5 Å². The molecule has 0 aromatic heterocycles. The second kappa shape index (κ2) is 7.33. The van der Waals surface area contributed by atoms with E-state index >= 15 is 0 Å². The van der Waals surface area contributed by atoms with E-state index in [0.717, 1.165) is 12.1 Å². The van der Waals surface area contributed by atoms with Gasteiger partial charge in [-0.2, -0.15) is 0 Å². The van der Waals surface area contributed by atoms with Gasteiger partial charge in [-0.25, -0.2) is 8.78 Å². The van der Waals surface area contributed by atoms with Crippen molar-refractivity contribution in [1.82, 2.24) is 4.90 Å². The van der Waals surface area contributed by atoms with Crippen LogP contribution in [-0.2, 0) is 11.2 Å². The fourth-order valence-corrected chi connectivity index (χ4v) is 2.32. The van der Waals surface area contributed by atoms with Crippen LogP contribution in [0, 0.1) is 11.6 Å². The highest BCUT2D eigenvalue weighted by molar-refractivity contribution is 5.78. The summed E-state index contributed by atoms with van der Waals surface area (Å²) in [5.74, 6) is -2.20. The van der Waals surface area contributed by atoms with E-state index in [1.807, 2.05) is 18.2 Å². The zero-order valence-electron chi connectivity index (χ0n) is 13.0. The van der Waals surface area contributed by atoms with Crippen LogP contribution in [0.1, 0.15) is 24.2 Å². The van der Waals surface area contributed by atoms with Crippen molar-refractivity contribution < 1.29 is 18.7 Å². The van der Waals surface area contributed by atoms with Crippen LogP contribution in [0.15, 0.2) is 48.5 Å². The molecule has 0 bridgehead atoms. The lowest BCUT2D eigenvalue weighted by Crippen LogP contribution is -2.39. The molecular formula is C18H19F2NO2. The average molecular weight is 319 g/mol. The van der Waals surface area contributed by atoms with Crippen LogP contribution in [0.25, 0.3) is 0 Å². The summed E-state index contributed by atoms with van der Waals surface area (Å²) in [5, 5.41) is 10.4. The van der Waals surface area contributed by atoms with Crippen LogP contribution in [0.3, 0.4) is 0 Å². The molecule has 0 aliphatic rings. The van der Waals surface area contributed by atoms with Gasteiger partial charge in [0.15, 0.2) is 11.6 Å². The first kappa shape index (κ1) is 17.1. The number of aliphatic hydroxyl groups excluding tert-OH is 1. The molecule has 2 aromatic carbocycles. The Kier molecular flexibility index (Phi) is 5.45. The van der Waals surface area contributed by atoms with Gasteiger partial charge >= 0.3 is 0 Å². The second-order valence-corrected chi connectivity index (χ2v) is 5.53. The van der Waals surface area contributed by atoms with Gasteiger partial charge in [0.1, 0.15) is 0 Å². The van der Waals surface area contributed by atoms with Crippen molar-refractivity contribution >= 4 is 5.91 Å². The molecule has 0 spiro atoms. The first-order valence-corrected chi connectivity index (χ1v) is 7.32. The summed E-state index contributed by atoms with van der Waals surface area (Å²) in [5.41, 5.74) is 1.11. The van der Waals surface area contributed by atoms with Gasteiger partial charge in [0.05, 0.1) is 18.6 Å². The first-order valence-electron chi connectivity index (χ1n) is 7.32. The Hall–Kier alpha value is -2.27. The van der Waals surface area contributed by atoms with Gasteiger partial charge in [0.2, 0.25) is 5.91 Å². The van der Waals surface area contributed by atoms with E-state index in [9.17, 15) is 18.7 Å². The molecule has 0 fully saturated rings. The highest BCUT2D eigenvalue weighted by atomic mass is 19.2. The largest absolute Gasteiger partial charge is 0.386 e. The highest BCUT2D eigenvalue weighted by Gasteiger charge is 2.24. The number of amides is 1. The van der Waals surface area contributed by atoms with Crippen LogP contribution >= 0.6 is 0 Å². The first-order chi connectivity index (χ1) is 10.9. The van der Waals surface area contributed by atoms with Crippen LogP contribution in [0.2, 0.25) is 0 Å². The number of nitrogens with zero attached hydrogens (tertiary/aromatic N) is 1. The molecule has 0 radical (unpaired) electrons. The molecule has 0 unspecified atom stereocenters. The Labute approximate surface area is 134 Å². The van der Waals surface area contributed by atoms with Gasteiger partial charge in [-0.3, -0.25) is 4.79 Å². The summed E-state index contributed by atoms with van der Waals surface area (Å²) in [7, 11) is 1.58. The van der Waals surface area contributed by atoms with Crippen molar-refractivity contribution in [1.29, 1.82) is 0 Å². The van der Waals surface area contributed by atoms with Gasteiger partial charge in [0, 0.05) is 7.05 Å². The summed E-state index contributed by atoms with van der Waals surface area (Å²) in [6, 6.07) is 12.0. The molecule has 0 saturated heterocycles. The predicted molar refractivity (Wildman–Crippen MR) is 83.7 cm³/mol. The van der Waals surface area contributed by atoms with E-state index in [-0.39, 0.29) is 12.3 Å². The van der Waals surface area contributed by atoms with Crippen molar-refractivity contribution in [2.75, 3.05) is 7.05 Å². The maximum Gasteiger partial charge on any atom is 0.227 e. The Morgan fingerprint density at radius 3 is 2.39 bits per heavy atom. The molecule has 0 saturated carbocycles. The van der Waals surface area contributed by atoms with E-state index in [0.29, 0.717) is 11.1 Å². The smallest absolute Gasteiger partial charge is 0.227 e. The lowest BCUT2D eigenvalue weighted by atomic mass is 10.0. The minimum absolute atomic E-state index is 0.0560. The summed E-state index contributed by atoms with van der Waals surface area (Å²) in [6.07, 6.45) is -0.880. The third kappa shape index (κ3) is 4.13. The number of rotatable bonds is 5. The molecule has 2 atom stereocenters. The molecule has 23 heavy (non-hydrogen) atoms. The summed E-state index contributed by atoms with van der Waals surface area (Å²) >= 11 is 0. The third-order valence-electron chi connectivity index (χ3n) is 3.94. The predicted octanol–water partition coefficient (Wildman–Crippen LogP) is 3.09. The molecule has 2 aromatic rings. The second-order valence-electron chi connectivity index (χ2n) is 5.53. The molecule has 1 N–H and O–H groups in total. The zero-order chi connectivity index (χ0) is 17.0. The fraction of sp³-hybridized carbons (Fsp3) is 0.278. The van der Waals surface area contributed by atoms with Crippen LogP contribution in [0.4, 0.5) is 8.78 Å². The quantitative estimate of drug-likeness (QED) is 0.920. The fourth-order valence-electron chi connectivity index (χ4n) is 2.32. The number of carbonyl (C=O) groups excluding carboxylic acids is 1. The van der Waals surface area contributed by atoms with Gasteiger partial charge < -0.3 is 10.0 Å². The van der Waals surface area contributed by atoms with Gasteiger partial charge in [-0.15, -0.1) is 0 Å². The number of aliphatic hydroxyl groups is 1. The molecule has 1 amide bonds. The molecule has 0 heterocycles. The minimum Gasteiger partial charge on any atom is -0.386 e. The SMILES string of the molecule is C[C@H]([C@H](O)c1ccccc1)N(C)C(=O)Cc1ccc(F)c(F)c1. The summed E-state index contributed by atoms with van der Waals surface area (Å²) in [6.45, 7) is 1.74. The lowest BCUT2D eigenvalue weighted by molar-refractivity contribution is -0.133. The Balaban J connectivity index is 2.05. The van der Waals surface area contributed by atoms with Gasteiger partial charge in [0.25, 0.3) is 0 Å². The molecule has 2 rings (SSSR count). The van der Waals surface area contributed by atoms with E-state index in [1.165, 1.54) is 11.0 Å². The van der Waals surface area contributed by atoms with E-state index < -0.39 is 23.8 Å². The van der Waals surface area contributed by atoms with E-state index in [1.54, 1.807) is 26.1 Å². The van der Waals surface area contributed by atoms with Crippen molar-refractivity contribution in [2.24, 2.45) is 0 Å². The topological polar surface area (TPSA) is 40.5 Å².